The fourth-order valence-corrected chi connectivity index (χ4v) is 12.8. The fourth-order valence-electron chi connectivity index (χ4n) is 7.28. The number of hydrazine groups is 1. The summed E-state index contributed by atoms with van der Waals surface area (Å²) < 4.78 is 25.2. The lowest BCUT2D eigenvalue weighted by molar-refractivity contribution is -0.149. The van der Waals surface area contributed by atoms with Crippen molar-refractivity contribution in [2.45, 2.75) is 119 Å². The van der Waals surface area contributed by atoms with Crippen molar-refractivity contribution in [3.8, 4) is 17.6 Å². The number of unbranched alkanes of at least 4 members (excludes halogenated alkanes) is 2. The Kier molecular flexibility index (Phi) is 18.5. The van der Waals surface area contributed by atoms with Gasteiger partial charge in [0.1, 0.15) is 36.4 Å². The minimum Gasteiger partial charge on any atom is -0.491 e. The third kappa shape index (κ3) is 12.2. The summed E-state index contributed by atoms with van der Waals surface area (Å²) in [7, 11) is 0. The molecule has 3 aromatic rings. The highest BCUT2D eigenvalue weighted by atomic mass is 32.2. The number of rotatable bonds is 23. The summed E-state index contributed by atoms with van der Waals surface area (Å²) >= 11 is 5.17. The summed E-state index contributed by atoms with van der Waals surface area (Å²) in [6.07, 6.45) is 8.03. The zero-order valence-electron chi connectivity index (χ0n) is 37.8. The molecule has 2 unspecified atom stereocenters. The Morgan fingerprint density at radius 2 is 1.11 bits per heavy atom. The second-order valence-electron chi connectivity index (χ2n) is 16.0. The van der Waals surface area contributed by atoms with Crippen LogP contribution in [-0.2, 0) is 41.7 Å². The van der Waals surface area contributed by atoms with Gasteiger partial charge in [-0.25, -0.2) is 19.6 Å². The highest BCUT2D eigenvalue weighted by molar-refractivity contribution is 8.26. The van der Waals surface area contributed by atoms with E-state index < -0.39 is 11.9 Å². The van der Waals surface area contributed by atoms with Crippen molar-refractivity contribution in [1.29, 1.82) is 5.26 Å². The number of nitrogens with zero attached hydrogens (tertiary/aromatic N) is 3. The lowest BCUT2D eigenvalue weighted by Gasteiger charge is -2.27. The number of amides is 2. The summed E-state index contributed by atoms with van der Waals surface area (Å²) in [6.45, 7) is 14.6. The van der Waals surface area contributed by atoms with Crippen LogP contribution in [0, 0.1) is 23.2 Å². The Labute approximate surface area is 400 Å². The van der Waals surface area contributed by atoms with Gasteiger partial charge in [-0.1, -0.05) is 181 Å². The number of benzene rings is 3. The maximum absolute atomic E-state index is 14.7. The van der Waals surface area contributed by atoms with Gasteiger partial charge in [-0.3, -0.25) is 9.59 Å². The molecule has 0 N–H and O–H groups in total. The molecule has 0 spiro atoms. The number of fused-ring (bicyclic) bond motifs is 2. The second kappa shape index (κ2) is 24.1. The summed E-state index contributed by atoms with van der Waals surface area (Å²) in [4.78, 5) is 57.6. The summed E-state index contributed by atoms with van der Waals surface area (Å²) in [5, 5.41) is 13.5. The molecule has 0 saturated carbocycles. The van der Waals surface area contributed by atoms with Gasteiger partial charge in [0.15, 0.2) is 5.57 Å². The van der Waals surface area contributed by atoms with Crippen LogP contribution < -0.4 is 9.47 Å². The van der Waals surface area contributed by atoms with E-state index in [9.17, 15) is 24.4 Å². The molecule has 11 nitrogen and oxygen atoms in total. The molecule has 15 heteroatoms. The van der Waals surface area contributed by atoms with Crippen LogP contribution in [0.5, 0.6) is 11.5 Å². The predicted octanol–water partition coefficient (Wildman–Crippen LogP) is 11.9. The van der Waals surface area contributed by atoms with Gasteiger partial charge in [-0.05, 0) is 42.7 Å². The number of hydrogen-bond donors (Lipinski definition) is 0. The van der Waals surface area contributed by atoms with Crippen molar-refractivity contribution in [2.24, 2.45) is 11.8 Å². The molecule has 0 radical (unpaired) electrons. The minimum absolute atomic E-state index is 0.0909. The molecule has 1 fully saturated rings. The first-order valence-electron chi connectivity index (χ1n) is 22.3. The lowest BCUT2D eigenvalue weighted by atomic mass is 10.0. The van der Waals surface area contributed by atoms with Gasteiger partial charge < -0.3 is 18.9 Å². The second-order valence-corrected chi connectivity index (χ2v) is 20.6. The molecule has 3 aliphatic heterocycles. The summed E-state index contributed by atoms with van der Waals surface area (Å²) in [6, 6.07) is 21.3. The van der Waals surface area contributed by atoms with E-state index in [4.69, 9.17) is 18.9 Å². The van der Waals surface area contributed by atoms with Crippen LogP contribution in [0.2, 0.25) is 0 Å². The highest BCUT2D eigenvalue weighted by Crippen LogP contribution is 2.69. The number of hydrogen-bond acceptors (Lipinski definition) is 13. The van der Waals surface area contributed by atoms with E-state index >= 15 is 0 Å². The maximum atomic E-state index is 14.7. The van der Waals surface area contributed by atoms with Crippen molar-refractivity contribution in [3.05, 3.63) is 104 Å². The van der Waals surface area contributed by atoms with E-state index in [1.807, 2.05) is 60.7 Å². The number of carbonyl (C=O) groups excluding carboxylic acids is 4. The van der Waals surface area contributed by atoms with E-state index in [1.165, 1.54) is 54.0 Å². The van der Waals surface area contributed by atoms with Crippen LogP contribution in [0.1, 0.15) is 97.1 Å². The van der Waals surface area contributed by atoms with E-state index in [0.717, 1.165) is 72.3 Å². The van der Waals surface area contributed by atoms with Crippen molar-refractivity contribution in [3.63, 3.8) is 0 Å². The average Bonchev–Trinajstić information content (AvgIpc) is 4.00. The van der Waals surface area contributed by atoms with E-state index in [2.05, 4.69) is 40.3 Å². The molecule has 2 atom stereocenters. The molecular weight excluding hydrogens is 899 g/mol. The standard InChI is InChI=1S/C50H57N3O8S4/c1-7-11-19-33(9-3)30-60-39-41-42(63-49(62-41)37(27-51)48(57)59-26-25-58-47(56)32(5)6)40(61-31-34(10-4)20-12-8-2)44-43(39)64-50(65-44)38-45(54)52(28-35-21-15-13-16-22-35)53(46(38)55)29-36-23-17-14-18-24-36/h13-18,21-24,33-34H,5,7-12,19-20,25-26,28-31H2,1-4,6H3. The molecule has 3 heterocycles. The number of thioether (sulfide) groups is 4. The maximum Gasteiger partial charge on any atom is 0.350 e. The van der Waals surface area contributed by atoms with Gasteiger partial charge >= 0.3 is 11.9 Å². The first kappa shape index (κ1) is 49.7. The van der Waals surface area contributed by atoms with Crippen molar-refractivity contribution >= 4 is 70.8 Å². The van der Waals surface area contributed by atoms with Crippen LogP contribution in [0.3, 0.4) is 0 Å². The Hall–Kier alpha value is -4.75. The van der Waals surface area contributed by atoms with Gasteiger partial charge in [-0.15, -0.1) is 0 Å². The third-order valence-electron chi connectivity index (χ3n) is 11.2. The number of carbonyl (C=O) groups is 4. The Balaban J connectivity index is 1.44. The first-order valence-corrected chi connectivity index (χ1v) is 25.6. The van der Waals surface area contributed by atoms with Crippen LogP contribution in [0.25, 0.3) is 0 Å². The third-order valence-corrected chi connectivity index (χ3v) is 16.4. The molecular formula is C50H57N3O8S4. The van der Waals surface area contributed by atoms with Gasteiger partial charge in [0, 0.05) is 5.57 Å². The molecule has 344 valence electrons. The van der Waals surface area contributed by atoms with Crippen LogP contribution in [0.15, 0.2) is 112 Å². The van der Waals surface area contributed by atoms with Crippen LogP contribution >= 0.6 is 47.0 Å². The molecule has 3 aliphatic rings. The van der Waals surface area contributed by atoms with E-state index in [1.54, 1.807) is 10.0 Å². The molecule has 0 aromatic heterocycles. The summed E-state index contributed by atoms with van der Waals surface area (Å²) in [5.41, 5.74) is 1.90. The lowest BCUT2D eigenvalue weighted by Crippen LogP contribution is -2.39. The van der Waals surface area contributed by atoms with Crippen molar-refractivity contribution < 1.29 is 38.1 Å². The molecule has 1 saturated heterocycles. The van der Waals surface area contributed by atoms with Crippen molar-refractivity contribution in [1.82, 2.24) is 10.0 Å². The largest absolute Gasteiger partial charge is 0.491 e. The fraction of sp³-hybridized carbons (Fsp3) is 0.420. The van der Waals surface area contributed by atoms with Crippen molar-refractivity contribution in [2.75, 3.05) is 26.4 Å². The van der Waals surface area contributed by atoms with Gasteiger partial charge in [0.25, 0.3) is 11.8 Å². The molecule has 65 heavy (non-hydrogen) atoms. The Morgan fingerprint density at radius 3 is 1.51 bits per heavy atom. The van der Waals surface area contributed by atoms with Crippen LogP contribution in [0.4, 0.5) is 0 Å². The van der Waals surface area contributed by atoms with E-state index in [-0.39, 0.29) is 66.7 Å². The number of ether oxygens (including phenoxy) is 4. The molecule has 0 bridgehead atoms. The summed E-state index contributed by atoms with van der Waals surface area (Å²) in [5.74, 6) is -0.542. The number of esters is 2. The zero-order chi connectivity index (χ0) is 46.5. The zero-order valence-corrected chi connectivity index (χ0v) is 41.0. The number of nitriles is 1. The topological polar surface area (TPSA) is 135 Å². The Morgan fingerprint density at radius 1 is 0.677 bits per heavy atom. The Bertz CT molecular complexity index is 2220. The van der Waals surface area contributed by atoms with Gasteiger partial charge in [0.05, 0.1) is 54.4 Å². The van der Waals surface area contributed by atoms with Crippen LogP contribution in [-0.4, -0.2) is 60.2 Å². The molecule has 0 aliphatic carbocycles. The minimum atomic E-state index is -0.843. The molecule has 6 rings (SSSR count). The van der Waals surface area contributed by atoms with E-state index in [0.29, 0.717) is 43.0 Å². The highest BCUT2D eigenvalue weighted by Gasteiger charge is 2.47. The predicted molar refractivity (Wildman–Crippen MR) is 258 cm³/mol. The smallest absolute Gasteiger partial charge is 0.350 e. The molecule has 2 amide bonds. The van der Waals surface area contributed by atoms with Gasteiger partial charge in [0.2, 0.25) is 0 Å². The monoisotopic (exact) mass is 955 g/mol. The SMILES string of the molecule is C=C(C)C(=O)OCCOC(=O)C(C#N)=C1Sc2c(OCC(CC)CCCC)c3c(c(OCC(CC)CCCC)c2S1)SC(=C1C(=O)N(Cc2ccccc2)N(Cc2ccccc2)C1=O)S3. The molecule has 3 aromatic carbocycles. The normalized spacial score (nSPS) is 15.1. The first-order chi connectivity index (χ1) is 31.5. The average molecular weight is 956 g/mol. The quantitative estimate of drug-likeness (QED) is 0.0293. The van der Waals surface area contributed by atoms with Gasteiger partial charge in [-0.2, -0.15) is 5.26 Å².